The molecule has 7 nitrogen and oxygen atoms in total. The smallest absolute Gasteiger partial charge is 0.348 e. The summed E-state index contributed by atoms with van der Waals surface area (Å²) in [6.45, 7) is 0.0884. The molecule has 0 aliphatic carbocycles. The number of anilines is 1. The van der Waals surface area contributed by atoms with Gasteiger partial charge in [-0.2, -0.15) is 13.0 Å². The Balaban J connectivity index is 1.64. The van der Waals surface area contributed by atoms with E-state index in [1.54, 1.807) is 42.5 Å². The lowest BCUT2D eigenvalue weighted by molar-refractivity contribution is 0.0952. The highest BCUT2D eigenvalue weighted by Gasteiger charge is 2.27. The molecule has 3 N–H and O–H groups in total. The number of amides is 1. The molecule has 0 saturated carbocycles. The van der Waals surface area contributed by atoms with Crippen molar-refractivity contribution < 1.29 is 13.2 Å². The predicted octanol–water partition coefficient (Wildman–Crippen LogP) is 5.65. The Morgan fingerprint density at radius 1 is 1.09 bits per heavy atom. The van der Waals surface area contributed by atoms with Gasteiger partial charge in [0.1, 0.15) is 11.0 Å². The molecule has 1 unspecified atom stereocenters. The highest BCUT2D eigenvalue weighted by atomic mass is 79.9. The quantitative estimate of drug-likeness (QED) is 0.291. The van der Waals surface area contributed by atoms with Crippen molar-refractivity contribution in [1.29, 1.82) is 0 Å². The van der Waals surface area contributed by atoms with Crippen LogP contribution in [0.15, 0.2) is 64.0 Å². The molecule has 12 heteroatoms. The Bertz CT molecular complexity index is 1420. The molecule has 0 spiro atoms. The molecule has 4 rings (SSSR count). The number of carbonyl (C=O) groups excluding carboxylic acids is 1. The Labute approximate surface area is 206 Å². The Morgan fingerprint density at radius 3 is 2.56 bits per heavy atom. The van der Waals surface area contributed by atoms with Crippen LogP contribution in [-0.4, -0.2) is 23.1 Å². The molecule has 32 heavy (non-hydrogen) atoms. The van der Waals surface area contributed by atoms with Crippen LogP contribution < -0.4 is 10.0 Å². The number of fused-ring (bicyclic) bond motifs is 1. The molecule has 3 aromatic carbocycles. The second-order valence-electron chi connectivity index (χ2n) is 6.59. The number of aromatic nitrogens is 2. The largest absolute Gasteiger partial charge is 0.398 e. The fourth-order valence-corrected chi connectivity index (χ4v) is 5.72. The van der Waals surface area contributed by atoms with Gasteiger partial charge in [0, 0.05) is 26.6 Å². The van der Waals surface area contributed by atoms with Gasteiger partial charge in [-0.1, -0.05) is 51.3 Å². The van der Waals surface area contributed by atoms with Gasteiger partial charge in [-0.25, -0.2) is 8.93 Å². The van der Waals surface area contributed by atoms with Crippen molar-refractivity contribution in [2.75, 3.05) is 4.72 Å². The minimum Gasteiger partial charge on any atom is -0.348 e. The summed E-state index contributed by atoms with van der Waals surface area (Å²) in [5, 5.41) is 3.60. The van der Waals surface area contributed by atoms with E-state index in [1.807, 2.05) is 0 Å². The SMILES string of the molecule is O=C(NCc1c(Cl)cccc1Cl)c1ccc(Br)cc1NS(=O)(=[OH+])c1cccc2nsnc12. The molecule has 0 aliphatic rings. The lowest BCUT2D eigenvalue weighted by Gasteiger charge is -2.13. The Kier molecular flexibility index (Phi) is 6.68. The third-order valence-electron chi connectivity index (χ3n) is 4.51. The number of carbonyl (C=O) groups is 1. The van der Waals surface area contributed by atoms with Crippen LogP contribution in [0.2, 0.25) is 10.0 Å². The maximum atomic E-state index is 13.2. The molecule has 1 amide bonds. The first-order chi connectivity index (χ1) is 15.3. The van der Waals surface area contributed by atoms with Crippen LogP contribution in [0.5, 0.6) is 0 Å². The van der Waals surface area contributed by atoms with E-state index >= 15 is 0 Å². The van der Waals surface area contributed by atoms with Crippen molar-refractivity contribution in [1.82, 2.24) is 14.1 Å². The van der Waals surface area contributed by atoms with E-state index < -0.39 is 15.9 Å². The monoisotopic (exact) mass is 571 g/mol. The number of nitrogens with zero attached hydrogens (tertiary/aromatic N) is 2. The molecule has 1 atom stereocenters. The molecule has 0 saturated heterocycles. The van der Waals surface area contributed by atoms with Crippen LogP contribution in [0, 0.1) is 0 Å². The molecule has 0 radical (unpaired) electrons. The first-order valence-corrected chi connectivity index (χ1v) is 12.8. The van der Waals surface area contributed by atoms with Gasteiger partial charge < -0.3 is 5.32 Å². The second kappa shape index (κ2) is 9.32. The normalized spacial score (nSPS) is 13.0. The minimum atomic E-state index is -3.80. The summed E-state index contributed by atoms with van der Waals surface area (Å²) in [6.07, 6.45) is 0. The van der Waals surface area contributed by atoms with Crippen LogP contribution in [0.4, 0.5) is 5.69 Å². The fraction of sp³-hybridized carbons (Fsp3) is 0.0500. The highest BCUT2D eigenvalue weighted by molar-refractivity contribution is 9.10. The zero-order valence-electron chi connectivity index (χ0n) is 16.0. The first kappa shape index (κ1) is 22.9. The van der Waals surface area contributed by atoms with Crippen LogP contribution in [-0.2, 0) is 16.6 Å². The van der Waals surface area contributed by atoms with E-state index in [9.17, 15) is 13.2 Å². The summed E-state index contributed by atoms with van der Waals surface area (Å²) in [5.41, 5.74) is 1.74. The van der Waals surface area contributed by atoms with Crippen molar-refractivity contribution in [3.8, 4) is 0 Å². The fourth-order valence-electron chi connectivity index (χ4n) is 2.97. The van der Waals surface area contributed by atoms with Gasteiger partial charge in [0.25, 0.3) is 5.91 Å². The summed E-state index contributed by atoms with van der Waals surface area (Å²) < 4.78 is 35.5. The van der Waals surface area contributed by atoms with Crippen LogP contribution >= 0.6 is 50.9 Å². The molecular formula is C20H14BrCl2N4O3S2+. The van der Waals surface area contributed by atoms with Gasteiger partial charge in [-0.3, -0.25) is 4.79 Å². The van der Waals surface area contributed by atoms with Crippen LogP contribution in [0.3, 0.4) is 0 Å². The van der Waals surface area contributed by atoms with Gasteiger partial charge in [-0.05, 0) is 42.5 Å². The number of halogens is 3. The predicted molar refractivity (Wildman–Crippen MR) is 131 cm³/mol. The number of nitrogens with one attached hydrogen (secondary N) is 2. The van der Waals surface area contributed by atoms with Crippen LogP contribution in [0.1, 0.15) is 15.9 Å². The number of rotatable bonds is 6. The number of benzene rings is 3. The molecule has 4 aromatic rings. The zero-order valence-corrected chi connectivity index (χ0v) is 20.7. The zero-order chi connectivity index (χ0) is 22.9. The standard InChI is InChI=1S/C20H13BrCl2N4O3S2/c21-11-7-8-12(20(28)24-10-13-14(22)3-1-4-15(13)23)17(9-11)27-32(29,30)18-6-2-5-16-19(18)26-31-25-16/h1-9H,10H2,(H,24,28)(H,27,29,30)/p+1. The van der Waals surface area contributed by atoms with Gasteiger partial charge in [0.2, 0.25) is 0 Å². The van der Waals surface area contributed by atoms with E-state index in [0.717, 1.165) is 11.7 Å². The van der Waals surface area contributed by atoms with Crippen molar-refractivity contribution in [2.45, 2.75) is 11.4 Å². The molecule has 1 heterocycles. The third kappa shape index (κ3) is 4.74. The van der Waals surface area contributed by atoms with Gasteiger partial charge >= 0.3 is 10.0 Å². The van der Waals surface area contributed by atoms with Crippen LogP contribution in [0.25, 0.3) is 11.0 Å². The van der Waals surface area contributed by atoms with E-state index in [0.29, 0.717) is 31.1 Å². The summed E-state index contributed by atoms with van der Waals surface area (Å²) in [7, 11) is -3.80. The first-order valence-electron chi connectivity index (χ1n) is 9.02. The molecule has 0 bridgehead atoms. The average Bonchev–Trinajstić information content (AvgIpc) is 3.22. The molecule has 0 fully saturated rings. The Morgan fingerprint density at radius 2 is 1.81 bits per heavy atom. The maximum absolute atomic E-state index is 13.2. The lowest BCUT2D eigenvalue weighted by atomic mass is 10.1. The summed E-state index contributed by atoms with van der Waals surface area (Å²) in [4.78, 5) is 13.0. The second-order valence-corrected chi connectivity index (χ2v) is 10.5. The van der Waals surface area contributed by atoms with E-state index in [-0.39, 0.29) is 22.7 Å². The topological polar surface area (TPSA) is 105 Å². The van der Waals surface area contributed by atoms with E-state index in [4.69, 9.17) is 23.2 Å². The molecule has 1 aromatic heterocycles. The summed E-state index contributed by atoms with van der Waals surface area (Å²) in [5.74, 6) is -0.472. The van der Waals surface area contributed by atoms with Crippen molar-refractivity contribution in [2.24, 2.45) is 0 Å². The minimum absolute atomic E-state index is 0.0814. The average molecular weight is 573 g/mol. The highest BCUT2D eigenvalue weighted by Crippen LogP contribution is 2.28. The summed E-state index contributed by atoms with van der Waals surface area (Å²) >= 11 is 16.6. The molecule has 0 aliphatic heterocycles. The van der Waals surface area contributed by atoms with E-state index in [2.05, 4.69) is 34.7 Å². The molecule has 164 valence electrons. The van der Waals surface area contributed by atoms with Gasteiger partial charge in [0.05, 0.1) is 23.0 Å². The Hall–Kier alpha value is -2.24. The van der Waals surface area contributed by atoms with E-state index in [1.165, 1.54) is 12.1 Å². The molecular weight excluding hydrogens is 559 g/mol. The van der Waals surface area contributed by atoms with Crippen molar-refractivity contribution in [3.63, 3.8) is 0 Å². The van der Waals surface area contributed by atoms with Crippen molar-refractivity contribution in [3.05, 3.63) is 80.2 Å². The van der Waals surface area contributed by atoms with Gasteiger partial charge in [0.15, 0.2) is 4.90 Å². The number of hydrogen-bond acceptors (Lipinski definition) is 5. The lowest BCUT2D eigenvalue weighted by Crippen LogP contribution is -2.25. The maximum Gasteiger partial charge on any atom is 0.398 e. The number of hydrogen-bond donors (Lipinski definition) is 2. The van der Waals surface area contributed by atoms with Crippen molar-refractivity contribution >= 4 is 83.5 Å². The summed E-state index contributed by atoms with van der Waals surface area (Å²) in [6, 6.07) is 14.6. The third-order valence-corrected chi connectivity index (χ3v) is 7.68. The van der Waals surface area contributed by atoms with Gasteiger partial charge in [-0.15, -0.1) is 0 Å².